The number of hydrogen-bond acceptors (Lipinski definition) is 7. The number of carbonyl (C=O) groups excluding carboxylic acids is 2. The third-order valence-electron chi connectivity index (χ3n) is 4.59. The molecule has 9 nitrogen and oxygen atoms in total. The lowest BCUT2D eigenvalue weighted by atomic mass is 10.2. The number of fused-ring (bicyclic) bond motifs is 1. The second-order valence-corrected chi connectivity index (χ2v) is 9.83. The third-order valence-corrected chi connectivity index (χ3v) is 6.71. The SMILES string of the molecule is CSCCC(NS(=O)(=O)c1ccc2c(c1)OCCO2)C(=O)Nc1ccc(F)c(NC(C)=O)c1. The van der Waals surface area contributed by atoms with Crippen LogP contribution in [0.15, 0.2) is 41.3 Å². The Labute approximate surface area is 195 Å². The molecule has 2 amide bonds. The van der Waals surface area contributed by atoms with Crippen LogP contribution < -0.4 is 24.8 Å². The predicted octanol–water partition coefficient (Wildman–Crippen LogP) is 2.59. The van der Waals surface area contributed by atoms with E-state index in [-0.39, 0.29) is 22.7 Å². The molecule has 3 rings (SSSR count). The number of amides is 2. The van der Waals surface area contributed by atoms with Gasteiger partial charge in [0.05, 0.1) is 10.6 Å². The second kappa shape index (κ2) is 10.9. The summed E-state index contributed by atoms with van der Waals surface area (Å²) in [5.74, 6) is -0.480. The molecule has 1 aliphatic rings. The second-order valence-electron chi connectivity index (χ2n) is 7.13. The largest absolute Gasteiger partial charge is 0.486 e. The van der Waals surface area contributed by atoms with Crippen molar-refractivity contribution in [2.75, 3.05) is 35.9 Å². The van der Waals surface area contributed by atoms with E-state index in [0.29, 0.717) is 30.5 Å². The number of thioether (sulfide) groups is 1. The molecule has 1 heterocycles. The van der Waals surface area contributed by atoms with Crippen molar-refractivity contribution >= 4 is 45.0 Å². The van der Waals surface area contributed by atoms with Gasteiger partial charge in [-0.05, 0) is 48.8 Å². The quantitative estimate of drug-likeness (QED) is 0.487. The number of halogens is 1. The van der Waals surface area contributed by atoms with Crippen LogP contribution in [-0.4, -0.2) is 51.5 Å². The highest BCUT2D eigenvalue weighted by Crippen LogP contribution is 2.32. The van der Waals surface area contributed by atoms with Crippen LogP contribution in [0.5, 0.6) is 11.5 Å². The molecule has 0 spiro atoms. The van der Waals surface area contributed by atoms with Crippen molar-refractivity contribution < 1.29 is 31.9 Å². The lowest BCUT2D eigenvalue weighted by molar-refractivity contribution is -0.117. The third kappa shape index (κ3) is 6.59. The zero-order chi connectivity index (χ0) is 24.0. The first-order chi connectivity index (χ1) is 15.7. The van der Waals surface area contributed by atoms with Crippen molar-refractivity contribution in [3.63, 3.8) is 0 Å². The molecule has 1 atom stereocenters. The fourth-order valence-electron chi connectivity index (χ4n) is 3.04. The summed E-state index contributed by atoms with van der Waals surface area (Å²) in [6, 6.07) is 6.80. The summed E-state index contributed by atoms with van der Waals surface area (Å²) in [5, 5.41) is 4.91. The summed E-state index contributed by atoms with van der Waals surface area (Å²) in [5.41, 5.74) is 0.107. The zero-order valence-corrected chi connectivity index (χ0v) is 19.6. The molecular weight excluding hydrogens is 473 g/mol. The molecule has 0 saturated carbocycles. The van der Waals surface area contributed by atoms with Gasteiger partial charge >= 0.3 is 0 Å². The normalized spacial score (nSPS) is 13.8. The predicted molar refractivity (Wildman–Crippen MR) is 124 cm³/mol. The van der Waals surface area contributed by atoms with E-state index >= 15 is 0 Å². The molecule has 2 aromatic rings. The number of anilines is 2. The first-order valence-corrected chi connectivity index (χ1v) is 12.9. The van der Waals surface area contributed by atoms with Crippen molar-refractivity contribution in [2.24, 2.45) is 0 Å². The van der Waals surface area contributed by atoms with Crippen LogP contribution in [0.25, 0.3) is 0 Å². The van der Waals surface area contributed by atoms with Gasteiger partial charge in [0.15, 0.2) is 11.5 Å². The van der Waals surface area contributed by atoms with Gasteiger partial charge in [-0.2, -0.15) is 16.5 Å². The molecule has 3 N–H and O–H groups in total. The van der Waals surface area contributed by atoms with Gasteiger partial charge in [0.2, 0.25) is 21.8 Å². The van der Waals surface area contributed by atoms with E-state index in [1.54, 1.807) is 0 Å². The first-order valence-electron chi connectivity index (χ1n) is 9.98. The molecule has 33 heavy (non-hydrogen) atoms. The summed E-state index contributed by atoms with van der Waals surface area (Å²) in [6.45, 7) is 1.91. The van der Waals surface area contributed by atoms with Crippen molar-refractivity contribution in [1.82, 2.24) is 4.72 Å². The van der Waals surface area contributed by atoms with Gasteiger partial charge in [0.1, 0.15) is 25.1 Å². The first kappa shape index (κ1) is 24.8. The summed E-state index contributed by atoms with van der Waals surface area (Å²) in [6.07, 6.45) is 2.06. The van der Waals surface area contributed by atoms with E-state index in [1.165, 1.54) is 49.0 Å². The van der Waals surface area contributed by atoms with Gasteiger partial charge in [-0.15, -0.1) is 0 Å². The topological polar surface area (TPSA) is 123 Å². The monoisotopic (exact) mass is 497 g/mol. The number of ether oxygens (including phenoxy) is 2. The van der Waals surface area contributed by atoms with Crippen molar-refractivity contribution in [2.45, 2.75) is 24.3 Å². The molecule has 0 fully saturated rings. The fourth-order valence-corrected chi connectivity index (χ4v) is 4.76. The van der Waals surface area contributed by atoms with E-state index in [0.717, 1.165) is 6.07 Å². The highest BCUT2D eigenvalue weighted by molar-refractivity contribution is 7.98. The number of hydrogen-bond donors (Lipinski definition) is 3. The maximum absolute atomic E-state index is 13.9. The Morgan fingerprint density at radius 2 is 1.82 bits per heavy atom. The van der Waals surface area contributed by atoms with Gasteiger partial charge < -0.3 is 20.1 Å². The average molecular weight is 498 g/mol. The minimum absolute atomic E-state index is 0.0663. The molecule has 0 bridgehead atoms. The van der Waals surface area contributed by atoms with E-state index in [9.17, 15) is 22.4 Å². The molecule has 0 aliphatic carbocycles. The number of nitrogens with one attached hydrogen (secondary N) is 3. The summed E-state index contributed by atoms with van der Waals surface area (Å²) in [7, 11) is -4.06. The number of carbonyl (C=O) groups is 2. The van der Waals surface area contributed by atoms with Crippen molar-refractivity contribution in [1.29, 1.82) is 0 Å². The molecule has 178 valence electrons. The Kier molecular flexibility index (Phi) is 8.16. The van der Waals surface area contributed by atoms with Crippen molar-refractivity contribution in [3.05, 3.63) is 42.2 Å². The smallest absolute Gasteiger partial charge is 0.242 e. The standard InChI is InChI=1S/C21H24FN3O6S2/c1-13(26)23-18-11-14(3-5-16(18)22)24-21(27)17(7-10-32-2)25-33(28,29)15-4-6-19-20(12-15)31-9-8-30-19/h3-6,11-12,17,25H,7-10H2,1-2H3,(H,23,26)(H,24,27). The van der Waals surface area contributed by atoms with Crippen molar-refractivity contribution in [3.8, 4) is 11.5 Å². The van der Waals surface area contributed by atoms with E-state index < -0.39 is 33.7 Å². The summed E-state index contributed by atoms with van der Waals surface area (Å²) < 4.78 is 53.1. The Morgan fingerprint density at radius 3 is 2.52 bits per heavy atom. The van der Waals surface area contributed by atoms with Gasteiger partial charge in [0, 0.05) is 18.7 Å². The molecular formula is C21H24FN3O6S2. The Morgan fingerprint density at radius 1 is 1.09 bits per heavy atom. The maximum Gasteiger partial charge on any atom is 0.242 e. The number of benzene rings is 2. The molecule has 12 heteroatoms. The highest BCUT2D eigenvalue weighted by atomic mass is 32.2. The van der Waals surface area contributed by atoms with Crippen LogP contribution in [-0.2, 0) is 19.6 Å². The average Bonchev–Trinajstić information content (AvgIpc) is 2.78. The number of sulfonamides is 1. The van der Waals surface area contributed by atoms with Crippen LogP contribution in [0.3, 0.4) is 0 Å². The van der Waals surface area contributed by atoms with Crippen LogP contribution >= 0.6 is 11.8 Å². The van der Waals surface area contributed by atoms with Crippen LogP contribution in [0.4, 0.5) is 15.8 Å². The number of rotatable bonds is 9. The van der Waals surface area contributed by atoms with Crippen LogP contribution in [0, 0.1) is 5.82 Å². The molecule has 1 aliphatic heterocycles. The summed E-state index contributed by atoms with van der Waals surface area (Å²) >= 11 is 1.46. The molecule has 0 aromatic heterocycles. The minimum atomic E-state index is -4.06. The lowest BCUT2D eigenvalue weighted by Gasteiger charge is -2.21. The molecule has 0 radical (unpaired) electrons. The van der Waals surface area contributed by atoms with E-state index in [4.69, 9.17) is 9.47 Å². The molecule has 0 saturated heterocycles. The Bertz CT molecular complexity index is 1140. The Hall–Kier alpha value is -2.83. The highest BCUT2D eigenvalue weighted by Gasteiger charge is 2.27. The van der Waals surface area contributed by atoms with Gasteiger partial charge in [0.25, 0.3) is 0 Å². The van der Waals surface area contributed by atoms with Gasteiger partial charge in [-0.25, -0.2) is 12.8 Å². The Balaban J connectivity index is 1.79. The van der Waals surface area contributed by atoms with Gasteiger partial charge in [-0.1, -0.05) is 0 Å². The molecule has 2 aromatic carbocycles. The van der Waals surface area contributed by atoms with E-state index in [1.807, 2.05) is 6.26 Å². The zero-order valence-electron chi connectivity index (χ0n) is 18.0. The minimum Gasteiger partial charge on any atom is -0.486 e. The maximum atomic E-state index is 13.9. The van der Waals surface area contributed by atoms with Crippen LogP contribution in [0.2, 0.25) is 0 Å². The summed E-state index contributed by atoms with van der Waals surface area (Å²) in [4.78, 5) is 24.1. The fraction of sp³-hybridized carbons (Fsp3) is 0.333. The van der Waals surface area contributed by atoms with Gasteiger partial charge in [-0.3, -0.25) is 9.59 Å². The molecule has 1 unspecified atom stereocenters. The lowest BCUT2D eigenvalue weighted by Crippen LogP contribution is -2.44. The van der Waals surface area contributed by atoms with Crippen LogP contribution in [0.1, 0.15) is 13.3 Å². The van der Waals surface area contributed by atoms with E-state index in [2.05, 4.69) is 15.4 Å².